The summed E-state index contributed by atoms with van der Waals surface area (Å²) in [6.45, 7) is 7.13. The average molecular weight is 640 g/mol. The summed E-state index contributed by atoms with van der Waals surface area (Å²) in [5, 5.41) is 5.03. The fourth-order valence-electron chi connectivity index (χ4n) is 5.73. The molecule has 0 radical (unpaired) electrons. The van der Waals surface area contributed by atoms with Crippen LogP contribution in [0.2, 0.25) is 0 Å². The zero-order valence-corrected chi connectivity index (χ0v) is 27.4. The van der Waals surface area contributed by atoms with Crippen LogP contribution in [0.15, 0.2) is 90.3 Å². The molecule has 46 heavy (non-hydrogen) atoms. The third-order valence-corrected chi connectivity index (χ3v) is 8.74. The van der Waals surface area contributed by atoms with Crippen molar-refractivity contribution in [1.82, 2.24) is 19.7 Å². The van der Waals surface area contributed by atoms with Crippen LogP contribution in [0.1, 0.15) is 47.1 Å². The molecule has 1 fully saturated rings. The zero-order chi connectivity index (χ0) is 32.5. The molecular weight excluding hydrogens is 598 g/mol. The first-order chi connectivity index (χ1) is 22.3. The van der Waals surface area contributed by atoms with Crippen LogP contribution in [0.25, 0.3) is 0 Å². The SMILES string of the molecule is COc1ccc(C(=O)N(CC(=O)Nc2nc(CC(=O)N3CCN(C(c4ccccc4)c4ccccc4)CC3)cs2)CC(C)C)cc1. The molecule has 1 N–H and O–H groups in total. The van der Waals surface area contributed by atoms with Gasteiger partial charge in [0, 0.05) is 43.7 Å². The van der Waals surface area contributed by atoms with E-state index in [0.29, 0.717) is 41.8 Å². The minimum absolute atomic E-state index is 0.0204. The highest BCUT2D eigenvalue weighted by atomic mass is 32.1. The number of hydrogen-bond acceptors (Lipinski definition) is 7. The van der Waals surface area contributed by atoms with E-state index in [-0.39, 0.29) is 42.6 Å². The molecule has 240 valence electrons. The van der Waals surface area contributed by atoms with Crippen molar-refractivity contribution in [1.29, 1.82) is 0 Å². The number of piperazine rings is 1. The van der Waals surface area contributed by atoms with Gasteiger partial charge in [-0.25, -0.2) is 4.98 Å². The Kier molecular flexibility index (Phi) is 11.2. The molecule has 0 saturated carbocycles. The predicted octanol–water partition coefficient (Wildman–Crippen LogP) is 5.36. The van der Waals surface area contributed by atoms with Crippen molar-refractivity contribution in [3.8, 4) is 5.75 Å². The fourth-order valence-corrected chi connectivity index (χ4v) is 6.46. The van der Waals surface area contributed by atoms with E-state index in [1.54, 1.807) is 41.7 Å². The lowest BCUT2D eigenvalue weighted by Crippen LogP contribution is -2.50. The number of amides is 3. The largest absolute Gasteiger partial charge is 0.497 e. The summed E-state index contributed by atoms with van der Waals surface area (Å²) >= 11 is 1.28. The standard InChI is InChI=1S/C36H41N5O4S/c1-26(2)23-41(35(44)29-14-16-31(45-3)17-15-29)24-32(42)38-36-37-30(25-46-36)22-33(43)39-18-20-40(21-19-39)34(27-10-6-4-7-11-27)28-12-8-5-9-13-28/h4-17,25-26,34H,18-24H2,1-3H3,(H,37,38,42). The Hall–Kier alpha value is -4.54. The summed E-state index contributed by atoms with van der Waals surface area (Å²) < 4.78 is 5.19. The van der Waals surface area contributed by atoms with Gasteiger partial charge < -0.3 is 19.9 Å². The molecule has 0 unspecified atom stereocenters. The monoisotopic (exact) mass is 639 g/mol. The van der Waals surface area contributed by atoms with Gasteiger partial charge in [-0.05, 0) is 41.3 Å². The van der Waals surface area contributed by atoms with Crippen molar-refractivity contribution >= 4 is 34.2 Å². The van der Waals surface area contributed by atoms with Gasteiger partial charge in [0.25, 0.3) is 5.91 Å². The summed E-state index contributed by atoms with van der Waals surface area (Å²) in [7, 11) is 1.57. The van der Waals surface area contributed by atoms with Gasteiger partial charge in [0.1, 0.15) is 12.3 Å². The first-order valence-corrected chi connectivity index (χ1v) is 16.5. The number of anilines is 1. The number of methoxy groups -OCH3 is 1. The summed E-state index contributed by atoms with van der Waals surface area (Å²) in [6, 6.07) is 28.0. The van der Waals surface area contributed by atoms with E-state index in [2.05, 4.69) is 63.7 Å². The highest BCUT2D eigenvalue weighted by Crippen LogP contribution is 2.29. The van der Waals surface area contributed by atoms with E-state index in [9.17, 15) is 14.4 Å². The number of carbonyl (C=O) groups excluding carboxylic acids is 3. The first-order valence-electron chi connectivity index (χ1n) is 15.6. The van der Waals surface area contributed by atoms with Crippen LogP contribution >= 0.6 is 11.3 Å². The van der Waals surface area contributed by atoms with Crippen LogP contribution < -0.4 is 10.1 Å². The molecule has 1 saturated heterocycles. The molecule has 3 aromatic carbocycles. The molecule has 4 aromatic rings. The number of nitrogens with zero attached hydrogens (tertiary/aromatic N) is 4. The smallest absolute Gasteiger partial charge is 0.254 e. The van der Waals surface area contributed by atoms with Gasteiger partial charge >= 0.3 is 0 Å². The zero-order valence-electron chi connectivity index (χ0n) is 26.6. The topological polar surface area (TPSA) is 95.1 Å². The number of ether oxygens (including phenoxy) is 1. The van der Waals surface area contributed by atoms with Crippen molar-refractivity contribution < 1.29 is 19.1 Å². The Labute approximate surface area is 274 Å². The molecule has 1 aromatic heterocycles. The lowest BCUT2D eigenvalue weighted by molar-refractivity contribution is -0.132. The Morgan fingerprint density at radius 1 is 0.891 bits per heavy atom. The Balaban J connectivity index is 1.14. The molecule has 3 amide bonds. The van der Waals surface area contributed by atoms with Crippen LogP contribution in [-0.2, 0) is 16.0 Å². The number of aromatic nitrogens is 1. The van der Waals surface area contributed by atoms with Gasteiger partial charge in [-0.2, -0.15) is 0 Å². The normalized spacial score (nSPS) is 13.5. The predicted molar refractivity (Wildman–Crippen MR) is 181 cm³/mol. The van der Waals surface area contributed by atoms with Crippen molar-refractivity contribution in [2.24, 2.45) is 5.92 Å². The molecular formula is C36H41N5O4S. The second-order valence-electron chi connectivity index (χ2n) is 11.8. The molecule has 0 atom stereocenters. The number of benzene rings is 3. The van der Waals surface area contributed by atoms with Gasteiger partial charge in [-0.1, -0.05) is 74.5 Å². The second kappa shape index (κ2) is 15.6. The highest BCUT2D eigenvalue weighted by Gasteiger charge is 2.28. The molecule has 0 spiro atoms. The van der Waals surface area contributed by atoms with Gasteiger partial charge in [0.2, 0.25) is 11.8 Å². The van der Waals surface area contributed by atoms with Crippen LogP contribution in [0, 0.1) is 5.92 Å². The number of nitrogens with one attached hydrogen (secondary N) is 1. The van der Waals surface area contributed by atoms with Gasteiger partial charge in [0.15, 0.2) is 5.13 Å². The fraction of sp³-hybridized carbons (Fsp3) is 0.333. The quantitative estimate of drug-likeness (QED) is 0.224. The van der Waals surface area contributed by atoms with Crippen molar-refractivity contribution in [2.45, 2.75) is 26.3 Å². The summed E-state index contributed by atoms with van der Waals surface area (Å²) in [4.78, 5) is 49.8. The Morgan fingerprint density at radius 2 is 1.50 bits per heavy atom. The maximum Gasteiger partial charge on any atom is 0.254 e. The minimum atomic E-state index is -0.336. The van der Waals surface area contributed by atoms with Crippen molar-refractivity contribution in [3.63, 3.8) is 0 Å². The first kappa shape index (κ1) is 32.8. The van der Waals surface area contributed by atoms with E-state index in [0.717, 1.165) is 13.1 Å². The second-order valence-corrected chi connectivity index (χ2v) is 12.7. The Bertz CT molecular complexity index is 1550. The van der Waals surface area contributed by atoms with Gasteiger partial charge in [-0.15, -0.1) is 11.3 Å². The maximum absolute atomic E-state index is 13.2. The lowest BCUT2D eigenvalue weighted by atomic mass is 9.96. The molecule has 0 bridgehead atoms. The maximum atomic E-state index is 13.2. The third kappa shape index (κ3) is 8.58. The highest BCUT2D eigenvalue weighted by molar-refractivity contribution is 7.13. The van der Waals surface area contributed by atoms with Crippen molar-refractivity contribution in [2.75, 3.05) is 51.7 Å². The average Bonchev–Trinajstić information content (AvgIpc) is 3.51. The number of thiazole rings is 1. The van der Waals surface area contributed by atoms with Crippen molar-refractivity contribution in [3.05, 3.63) is 113 Å². The third-order valence-electron chi connectivity index (χ3n) is 7.94. The minimum Gasteiger partial charge on any atom is -0.497 e. The molecule has 2 heterocycles. The molecule has 1 aliphatic rings. The van der Waals surface area contributed by atoms with E-state index in [4.69, 9.17) is 4.74 Å². The van der Waals surface area contributed by atoms with Gasteiger partial charge in [-0.3, -0.25) is 19.3 Å². The summed E-state index contributed by atoms with van der Waals surface area (Å²) in [5.74, 6) is 0.293. The van der Waals surface area contributed by atoms with E-state index < -0.39 is 0 Å². The summed E-state index contributed by atoms with van der Waals surface area (Å²) in [5.41, 5.74) is 3.58. The lowest BCUT2D eigenvalue weighted by Gasteiger charge is -2.39. The number of carbonyl (C=O) groups is 3. The van der Waals surface area contributed by atoms with E-state index in [1.165, 1.54) is 22.5 Å². The molecule has 9 nitrogen and oxygen atoms in total. The van der Waals surface area contributed by atoms with Crippen LogP contribution in [0.5, 0.6) is 5.75 Å². The van der Waals surface area contributed by atoms with E-state index in [1.807, 2.05) is 30.9 Å². The summed E-state index contributed by atoms with van der Waals surface area (Å²) in [6.07, 6.45) is 0.169. The van der Waals surface area contributed by atoms with Crippen LogP contribution in [-0.4, -0.2) is 83.8 Å². The Morgan fingerprint density at radius 3 is 2.07 bits per heavy atom. The van der Waals surface area contributed by atoms with E-state index >= 15 is 0 Å². The molecule has 10 heteroatoms. The van der Waals surface area contributed by atoms with Crippen LogP contribution in [0.4, 0.5) is 5.13 Å². The molecule has 0 aliphatic carbocycles. The van der Waals surface area contributed by atoms with Gasteiger partial charge in [0.05, 0.1) is 25.3 Å². The van der Waals surface area contributed by atoms with Crippen LogP contribution in [0.3, 0.4) is 0 Å². The number of rotatable bonds is 12. The molecule has 5 rings (SSSR count). The molecule has 1 aliphatic heterocycles. The number of hydrogen-bond donors (Lipinski definition) is 1.